The molecule has 0 saturated carbocycles. The van der Waals surface area contributed by atoms with Crippen LogP contribution in [-0.4, -0.2) is 52.6 Å². The highest BCUT2D eigenvalue weighted by molar-refractivity contribution is 5.18. The van der Waals surface area contributed by atoms with E-state index in [1.807, 2.05) is 12.3 Å². The van der Waals surface area contributed by atoms with Gasteiger partial charge in [0.15, 0.2) is 6.39 Å². The maximum absolute atomic E-state index is 5.55. The monoisotopic (exact) mass is 344 g/mol. The van der Waals surface area contributed by atoms with E-state index in [-0.39, 0.29) is 0 Å². The van der Waals surface area contributed by atoms with Crippen LogP contribution >= 0.6 is 0 Å². The number of methoxy groups -OCH3 is 1. The lowest BCUT2D eigenvalue weighted by molar-refractivity contribution is 0.0722. The first-order valence-corrected chi connectivity index (χ1v) is 8.94. The van der Waals surface area contributed by atoms with Crippen LogP contribution in [0.1, 0.15) is 43.7 Å². The summed E-state index contributed by atoms with van der Waals surface area (Å²) in [4.78, 5) is 13.7. The molecule has 0 N–H and O–H groups in total. The molecule has 0 radical (unpaired) electrons. The lowest BCUT2D eigenvalue weighted by atomic mass is 10.1. The largest absolute Gasteiger partial charge is 0.481 e. The zero-order valence-electron chi connectivity index (χ0n) is 15.6. The molecule has 0 amide bonds. The van der Waals surface area contributed by atoms with Crippen LogP contribution in [0.15, 0.2) is 29.1 Å². The van der Waals surface area contributed by atoms with Gasteiger partial charge in [0.1, 0.15) is 5.76 Å². The van der Waals surface area contributed by atoms with Crippen molar-refractivity contribution in [2.24, 2.45) is 0 Å². The second kappa shape index (κ2) is 7.97. The summed E-state index contributed by atoms with van der Waals surface area (Å²) in [5.74, 6) is 2.05. The van der Waals surface area contributed by atoms with E-state index >= 15 is 0 Å². The number of ether oxygens (including phenoxy) is 1. The molecule has 2 aromatic rings. The van der Waals surface area contributed by atoms with Gasteiger partial charge in [-0.25, -0.2) is 9.97 Å². The molecule has 1 aliphatic heterocycles. The maximum atomic E-state index is 5.55. The van der Waals surface area contributed by atoms with E-state index in [0.29, 0.717) is 17.8 Å². The number of hydrogen-bond acceptors (Lipinski definition) is 6. The van der Waals surface area contributed by atoms with E-state index in [0.717, 1.165) is 44.2 Å². The molecule has 25 heavy (non-hydrogen) atoms. The predicted octanol–water partition coefficient (Wildman–Crippen LogP) is 2.91. The molecule has 0 bridgehead atoms. The average molecular weight is 344 g/mol. The quantitative estimate of drug-likeness (QED) is 0.803. The zero-order chi connectivity index (χ0) is 17.8. The van der Waals surface area contributed by atoms with Crippen molar-refractivity contribution in [3.63, 3.8) is 0 Å². The van der Waals surface area contributed by atoms with Gasteiger partial charge in [-0.05, 0) is 12.5 Å². The third-order valence-electron chi connectivity index (χ3n) is 4.81. The number of nitrogens with zero attached hydrogens (tertiary/aromatic N) is 4. The van der Waals surface area contributed by atoms with E-state index in [1.54, 1.807) is 13.5 Å². The van der Waals surface area contributed by atoms with Crippen LogP contribution in [0.25, 0.3) is 0 Å². The molecule has 0 spiro atoms. The fourth-order valence-corrected chi connectivity index (χ4v) is 3.39. The Labute approximate surface area is 149 Å². The van der Waals surface area contributed by atoms with Crippen molar-refractivity contribution in [2.45, 2.75) is 45.8 Å². The Hall–Kier alpha value is -1.92. The molecule has 1 fully saturated rings. The molecular formula is C19H28N4O2. The lowest BCUT2D eigenvalue weighted by Crippen LogP contribution is -2.51. The van der Waals surface area contributed by atoms with E-state index < -0.39 is 0 Å². The Kier molecular flexibility index (Phi) is 5.71. The highest BCUT2D eigenvalue weighted by Crippen LogP contribution is 2.21. The van der Waals surface area contributed by atoms with Gasteiger partial charge in [0.2, 0.25) is 5.88 Å². The first-order chi connectivity index (χ1) is 12.1. The standard InChI is InChI=1S/C19H28N4O2/c1-14(2)19-17(21-13-25-19)12-22-7-8-23(15(3)10-22)11-16-5-6-18(24-4)20-9-16/h5-6,9,13-15H,7-8,10-12H2,1-4H3. The summed E-state index contributed by atoms with van der Waals surface area (Å²) < 4.78 is 10.7. The summed E-state index contributed by atoms with van der Waals surface area (Å²) in [6.07, 6.45) is 3.48. The maximum Gasteiger partial charge on any atom is 0.212 e. The van der Waals surface area contributed by atoms with Gasteiger partial charge >= 0.3 is 0 Å². The smallest absolute Gasteiger partial charge is 0.212 e. The second-order valence-corrected chi connectivity index (χ2v) is 7.08. The molecule has 3 heterocycles. The van der Waals surface area contributed by atoms with E-state index in [9.17, 15) is 0 Å². The van der Waals surface area contributed by atoms with Crippen molar-refractivity contribution in [1.82, 2.24) is 19.8 Å². The fraction of sp³-hybridized carbons (Fsp3) is 0.579. The van der Waals surface area contributed by atoms with Gasteiger partial charge in [-0.2, -0.15) is 0 Å². The molecule has 6 nitrogen and oxygen atoms in total. The van der Waals surface area contributed by atoms with Crippen LogP contribution in [-0.2, 0) is 13.1 Å². The normalized spacial score (nSPS) is 19.5. The van der Waals surface area contributed by atoms with Gasteiger partial charge in [0.25, 0.3) is 0 Å². The van der Waals surface area contributed by atoms with Gasteiger partial charge in [0, 0.05) is 56.9 Å². The zero-order valence-corrected chi connectivity index (χ0v) is 15.6. The molecule has 0 aliphatic carbocycles. The van der Waals surface area contributed by atoms with Crippen LogP contribution in [0.2, 0.25) is 0 Å². The number of hydrogen-bond donors (Lipinski definition) is 0. The van der Waals surface area contributed by atoms with Crippen LogP contribution in [0.5, 0.6) is 5.88 Å². The summed E-state index contributed by atoms with van der Waals surface area (Å²) >= 11 is 0. The molecule has 1 unspecified atom stereocenters. The average Bonchev–Trinajstić information content (AvgIpc) is 3.06. The topological polar surface area (TPSA) is 54.6 Å². The minimum absolute atomic E-state index is 0.374. The van der Waals surface area contributed by atoms with Crippen LogP contribution in [0.3, 0.4) is 0 Å². The molecule has 6 heteroatoms. The Bertz CT molecular complexity index is 668. The van der Waals surface area contributed by atoms with Crippen LogP contribution in [0, 0.1) is 0 Å². The van der Waals surface area contributed by atoms with Gasteiger partial charge in [-0.1, -0.05) is 19.9 Å². The number of rotatable bonds is 6. The van der Waals surface area contributed by atoms with Crippen molar-refractivity contribution >= 4 is 0 Å². The molecular weight excluding hydrogens is 316 g/mol. The molecule has 136 valence electrons. The molecule has 1 aliphatic rings. The van der Waals surface area contributed by atoms with Crippen molar-refractivity contribution in [2.75, 3.05) is 26.7 Å². The third-order valence-corrected chi connectivity index (χ3v) is 4.81. The van der Waals surface area contributed by atoms with Crippen LogP contribution < -0.4 is 4.74 Å². The third kappa shape index (κ3) is 4.38. The van der Waals surface area contributed by atoms with E-state index in [2.05, 4.69) is 46.6 Å². The van der Waals surface area contributed by atoms with Crippen molar-refractivity contribution in [3.8, 4) is 5.88 Å². The lowest BCUT2D eigenvalue weighted by Gasteiger charge is -2.39. The summed E-state index contributed by atoms with van der Waals surface area (Å²) in [5, 5.41) is 0. The highest BCUT2D eigenvalue weighted by atomic mass is 16.5. The minimum atomic E-state index is 0.374. The Balaban J connectivity index is 1.55. The molecule has 1 atom stereocenters. The molecule has 3 rings (SSSR count). The fourth-order valence-electron chi connectivity index (χ4n) is 3.39. The number of aromatic nitrogens is 2. The van der Waals surface area contributed by atoms with Crippen molar-refractivity contribution in [1.29, 1.82) is 0 Å². The number of oxazole rings is 1. The first kappa shape index (κ1) is 17.9. The second-order valence-electron chi connectivity index (χ2n) is 7.08. The van der Waals surface area contributed by atoms with E-state index in [1.165, 1.54) is 5.56 Å². The molecule has 1 saturated heterocycles. The van der Waals surface area contributed by atoms with Gasteiger partial charge in [-0.3, -0.25) is 9.80 Å². The van der Waals surface area contributed by atoms with Gasteiger partial charge in [-0.15, -0.1) is 0 Å². The Morgan fingerprint density at radius 2 is 2.08 bits per heavy atom. The summed E-state index contributed by atoms with van der Waals surface area (Å²) in [5.41, 5.74) is 2.30. The van der Waals surface area contributed by atoms with Crippen molar-refractivity contribution < 1.29 is 9.15 Å². The first-order valence-electron chi connectivity index (χ1n) is 8.94. The van der Waals surface area contributed by atoms with Crippen LogP contribution in [0.4, 0.5) is 0 Å². The molecule has 2 aromatic heterocycles. The SMILES string of the molecule is COc1ccc(CN2CCN(Cc3ncoc3C(C)C)CC2C)cn1. The number of piperazine rings is 1. The van der Waals surface area contributed by atoms with Crippen molar-refractivity contribution in [3.05, 3.63) is 41.7 Å². The summed E-state index contributed by atoms with van der Waals surface area (Å²) in [6, 6.07) is 4.51. The Morgan fingerprint density at radius 3 is 2.72 bits per heavy atom. The predicted molar refractivity (Wildman–Crippen MR) is 96.5 cm³/mol. The summed E-state index contributed by atoms with van der Waals surface area (Å²) in [7, 11) is 1.64. The number of pyridine rings is 1. The Morgan fingerprint density at radius 1 is 1.24 bits per heavy atom. The van der Waals surface area contributed by atoms with Gasteiger partial charge < -0.3 is 9.15 Å². The highest BCUT2D eigenvalue weighted by Gasteiger charge is 2.25. The van der Waals surface area contributed by atoms with Gasteiger partial charge in [0.05, 0.1) is 12.8 Å². The summed E-state index contributed by atoms with van der Waals surface area (Å²) in [6.45, 7) is 11.5. The molecule has 0 aromatic carbocycles. The minimum Gasteiger partial charge on any atom is -0.481 e. The van der Waals surface area contributed by atoms with E-state index in [4.69, 9.17) is 9.15 Å².